The molecule has 1 atom stereocenters. The smallest absolute Gasteiger partial charge is 0.275 e. The molecule has 4 rings (SSSR count). The zero-order chi connectivity index (χ0) is 24.2. The lowest BCUT2D eigenvalue weighted by molar-refractivity contribution is -0.114. The van der Waals surface area contributed by atoms with Crippen molar-refractivity contribution < 1.29 is 9.53 Å². The summed E-state index contributed by atoms with van der Waals surface area (Å²) in [6, 6.07) is 20.3. The number of benzene rings is 3. The first-order valence-electron chi connectivity index (χ1n) is 12.1. The number of aryl methyl sites for hydroxylation is 4. The van der Waals surface area contributed by atoms with Gasteiger partial charge in [0.2, 0.25) is 0 Å². The molecule has 1 heterocycles. The molecule has 176 valence electrons. The van der Waals surface area contributed by atoms with Gasteiger partial charge in [-0.1, -0.05) is 37.6 Å². The Hall–Kier alpha value is -3.53. The Morgan fingerprint density at radius 2 is 1.53 bits per heavy atom. The summed E-state index contributed by atoms with van der Waals surface area (Å²) in [6.07, 6.45) is 4.17. The number of hydrogen-bond acceptors (Lipinski definition) is 3. The first kappa shape index (κ1) is 23.6. The van der Waals surface area contributed by atoms with Crippen LogP contribution in [0.25, 0.3) is 0 Å². The van der Waals surface area contributed by atoms with E-state index in [1.165, 1.54) is 22.3 Å². The van der Waals surface area contributed by atoms with Gasteiger partial charge in [0.15, 0.2) is 0 Å². The maximum absolute atomic E-state index is 13.7. The van der Waals surface area contributed by atoms with Gasteiger partial charge in [-0.2, -0.15) is 0 Å². The largest absolute Gasteiger partial charge is 0.494 e. The molecule has 3 aromatic rings. The molecular formula is C30H34N2O2. The molecule has 1 aliphatic rings. The van der Waals surface area contributed by atoms with Crippen LogP contribution in [-0.4, -0.2) is 12.5 Å². The van der Waals surface area contributed by atoms with E-state index in [9.17, 15) is 4.79 Å². The quantitative estimate of drug-likeness (QED) is 0.366. The van der Waals surface area contributed by atoms with Crippen LogP contribution < -0.4 is 15.0 Å². The van der Waals surface area contributed by atoms with Gasteiger partial charge in [-0.3, -0.25) is 9.69 Å². The Labute approximate surface area is 203 Å². The molecule has 0 aliphatic carbocycles. The van der Waals surface area contributed by atoms with Gasteiger partial charge in [-0.25, -0.2) is 0 Å². The van der Waals surface area contributed by atoms with E-state index >= 15 is 0 Å². The van der Waals surface area contributed by atoms with Crippen LogP contribution in [0.5, 0.6) is 5.75 Å². The molecule has 0 saturated carbocycles. The fraction of sp³-hybridized carbons (Fsp3) is 0.300. The molecule has 4 heteroatoms. The van der Waals surface area contributed by atoms with Crippen LogP contribution >= 0.6 is 0 Å². The zero-order valence-electron chi connectivity index (χ0n) is 20.8. The summed E-state index contributed by atoms with van der Waals surface area (Å²) < 4.78 is 5.84. The molecule has 0 aromatic heterocycles. The maximum Gasteiger partial charge on any atom is 0.275 e. The molecule has 0 fully saturated rings. The van der Waals surface area contributed by atoms with Gasteiger partial charge in [0, 0.05) is 11.4 Å². The maximum atomic E-state index is 13.7. The van der Waals surface area contributed by atoms with E-state index in [4.69, 9.17) is 4.74 Å². The van der Waals surface area contributed by atoms with Crippen molar-refractivity contribution in [2.24, 2.45) is 0 Å². The number of rotatable bonds is 8. The number of anilines is 2. The molecule has 1 N–H and O–H groups in total. The molecule has 0 unspecified atom stereocenters. The average Bonchev–Trinajstić information content (AvgIpc) is 3.14. The predicted octanol–water partition coefficient (Wildman–Crippen LogP) is 7.18. The number of hydrogen-bond donors (Lipinski definition) is 1. The molecule has 34 heavy (non-hydrogen) atoms. The van der Waals surface area contributed by atoms with Gasteiger partial charge in [-0.05, 0) is 104 Å². The number of unbranched alkanes of at least 4 members (excludes halogenated alkanes) is 1. The highest BCUT2D eigenvalue weighted by atomic mass is 16.5. The predicted molar refractivity (Wildman–Crippen MR) is 141 cm³/mol. The first-order valence-corrected chi connectivity index (χ1v) is 12.1. The Bertz CT molecular complexity index is 1210. The summed E-state index contributed by atoms with van der Waals surface area (Å²) in [5.41, 5.74) is 8.25. The Kier molecular flexibility index (Phi) is 7.06. The lowest BCUT2D eigenvalue weighted by Gasteiger charge is -2.26. The second-order valence-electron chi connectivity index (χ2n) is 9.16. The first-order chi connectivity index (χ1) is 16.4. The average molecular weight is 455 g/mol. The third-order valence-corrected chi connectivity index (χ3v) is 6.59. The van der Waals surface area contributed by atoms with E-state index in [1.807, 2.05) is 35.2 Å². The highest BCUT2D eigenvalue weighted by Crippen LogP contribution is 2.37. The standard InChI is InChI=1S/C30H34N2O2/c1-6-7-16-34-27-14-10-24(11-15-27)29-19-28(31-25-12-8-20(2)22(4)17-25)30(33)32(29)26-13-9-21(3)23(5)18-26/h8-15,17-19,29,31H,6-7,16H2,1-5H3/t29-/m1/s1. The highest BCUT2D eigenvalue weighted by molar-refractivity contribution is 6.11. The van der Waals surface area contributed by atoms with Crippen LogP contribution in [0.2, 0.25) is 0 Å². The lowest BCUT2D eigenvalue weighted by atomic mass is 10.0. The van der Waals surface area contributed by atoms with Gasteiger partial charge in [0.25, 0.3) is 5.91 Å². The molecular weight excluding hydrogens is 420 g/mol. The molecule has 0 bridgehead atoms. The third kappa shape index (κ3) is 5.01. The minimum absolute atomic E-state index is 0.0326. The van der Waals surface area contributed by atoms with Crippen molar-refractivity contribution in [3.63, 3.8) is 0 Å². The van der Waals surface area contributed by atoms with E-state index in [0.717, 1.165) is 42.1 Å². The van der Waals surface area contributed by atoms with Crippen LogP contribution in [0, 0.1) is 27.7 Å². The molecule has 4 nitrogen and oxygen atoms in total. The van der Waals surface area contributed by atoms with Crippen LogP contribution in [0.1, 0.15) is 53.6 Å². The zero-order valence-corrected chi connectivity index (χ0v) is 20.8. The van der Waals surface area contributed by atoms with Gasteiger partial charge < -0.3 is 10.1 Å². The van der Waals surface area contributed by atoms with E-state index in [2.05, 4.69) is 76.3 Å². The van der Waals surface area contributed by atoms with Gasteiger partial charge in [0.1, 0.15) is 11.4 Å². The summed E-state index contributed by atoms with van der Waals surface area (Å²) >= 11 is 0. The van der Waals surface area contributed by atoms with E-state index in [-0.39, 0.29) is 11.9 Å². The Balaban J connectivity index is 1.67. The van der Waals surface area contributed by atoms with Crippen LogP contribution in [0.4, 0.5) is 11.4 Å². The van der Waals surface area contributed by atoms with Crippen LogP contribution in [0.3, 0.4) is 0 Å². The van der Waals surface area contributed by atoms with Gasteiger partial charge in [-0.15, -0.1) is 0 Å². The van der Waals surface area contributed by atoms with E-state index in [1.54, 1.807) is 0 Å². The van der Waals surface area contributed by atoms with Crippen molar-refractivity contribution in [1.29, 1.82) is 0 Å². The van der Waals surface area contributed by atoms with Crippen molar-refractivity contribution in [2.75, 3.05) is 16.8 Å². The molecule has 0 radical (unpaired) electrons. The van der Waals surface area contributed by atoms with Gasteiger partial charge in [0.05, 0.1) is 12.6 Å². The number of ether oxygens (including phenoxy) is 1. The molecule has 3 aromatic carbocycles. The summed E-state index contributed by atoms with van der Waals surface area (Å²) in [5.74, 6) is 0.825. The van der Waals surface area contributed by atoms with Crippen LogP contribution in [0.15, 0.2) is 72.4 Å². The third-order valence-electron chi connectivity index (χ3n) is 6.59. The molecule has 1 amide bonds. The van der Waals surface area contributed by atoms with Gasteiger partial charge >= 0.3 is 0 Å². The van der Waals surface area contributed by atoms with Crippen molar-refractivity contribution in [1.82, 2.24) is 0 Å². The SMILES string of the molecule is CCCCOc1ccc([C@H]2C=C(Nc3ccc(C)c(C)c3)C(=O)N2c2ccc(C)c(C)c2)cc1. The van der Waals surface area contributed by atoms with Crippen molar-refractivity contribution in [2.45, 2.75) is 53.5 Å². The molecule has 0 saturated heterocycles. The lowest BCUT2D eigenvalue weighted by Crippen LogP contribution is -2.30. The number of carbonyl (C=O) groups excluding carboxylic acids is 1. The second-order valence-corrected chi connectivity index (χ2v) is 9.16. The second kappa shape index (κ2) is 10.2. The summed E-state index contributed by atoms with van der Waals surface area (Å²) in [6.45, 7) is 11.2. The summed E-state index contributed by atoms with van der Waals surface area (Å²) in [7, 11) is 0. The molecule has 1 aliphatic heterocycles. The fourth-order valence-corrected chi connectivity index (χ4v) is 4.12. The van der Waals surface area contributed by atoms with E-state index < -0.39 is 0 Å². The number of amides is 1. The Morgan fingerprint density at radius 3 is 2.18 bits per heavy atom. The number of nitrogens with one attached hydrogen (secondary N) is 1. The minimum Gasteiger partial charge on any atom is -0.494 e. The molecule has 0 spiro atoms. The van der Waals surface area contributed by atoms with Crippen molar-refractivity contribution in [3.05, 3.63) is 100 Å². The number of carbonyl (C=O) groups is 1. The van der Waals surface area contributed by atoms with Crippen molar-refractivity contribution >= 4 is 17.3 Å². The van der Waals surface area contributed by atoms with Crippen molar-refractivity contribution in [3.8, 4) is 5.75 Å². The fourth-order valence-electron chi connectivity index (χ4n) is 4.12. The topological polar surface area (TPSA) is 41.6 Å². The minimum atomic E-state index is -0.201. The monoisotopic (exact) mass is 454 g/mol. The number of nitrogens with zero attached hydrogens (tertiary/aromatic N) is 1. The Morgan fingerprint density at radius 1 is 0.853 bits per heavy atom. The summed E-state index contributed by atoms with van der Waals surface area (Å²) in [4.78, 5) is 15.5. The normalized spacial score (nSPS) is 15.4. The summed E-state index contributed by atoms with van der Waals surface area (Å²) in [5, 5.41) is 3.38. The van der Waals surface area contributed by atoms with Crippen LogP contribution in [-0.2, 0) is 4.79 Å². The van der Waals surface area contributed by atoms with E-state index in [0.29, 0.717) is 5.70 Å². The highest BCUT2D eigenvalue weighted by Gasteiger charge is 2.35.